The number of hydrogen-bond donors (Lipinski definition) is 1. The number of esters is 2. The Kier molecular flexibility index (Phi) is 57.8. The maximum absolute atomic E-state index is 12.3. The van der Waals surface area contributed by atoms with Gasteiger partial charge in [-0.05, 0) is 51.4 Å². The zero-order valence-electron chi connectivity index (χ0n) is 45.9. The number of aliphatic hydroxyl groups is 1. The van der Waals surface area contributed by atoms with Crippen LogP contribution in [0.2, 0.25) is 0 Å². The van der Waals surface area contributed by atoms with E-state index in [9.17, 15) is 14.7 Å². The van der Waals surface area contributed by atoms with Crippen molar-refractivity contribution in [2.45, 2.75) is 341 Å². The fourth-order valence-electron chi connectivity index (χ4n) is 9.33. The van der Waals surface area contributed by atoms with Gasteiger partial charge in [-0.1, -0.05) is 307 Å². The quantitative estimate of drug-likeness (QED) is 0.0374. The summed E-state index contributed by atoms with van der Waals surface area (Å²) in [5.74, 6) is -0.589. The Morgan fingerprint density at radius 3 is 0.882 bits per heavy atom. The monoisotopic (exact) mass is 955 g/mol. The van der Waals surface area contributed by atoms with E-state index in [0.29, 0.717) is 12.8 Å². The molecule has 0 aliphatic heterocycles. The minimum Gasteiger partial charge on any atom is -0.462 e. The fourth-order valence-corrected chi connectivity index (χ4v) is 9.33. The van der Waals surface area contributed by atoms with Crippen LogP contribution in [0.1, 0.15) is 335 Å². The summed E-state index contributed by atoms with van der Waals surface area (Å²) >= 11 is 0. The first kappa shape index (κ1) is 66.1. The van der Waals surface area contributed by atoms with E-state index in [1.54, 1.807) is 0 Å². The zero-order chi connectivity index (χ0) is 49.2. The molecule has 1 unspecified atom stereocenters. The molecule has 1 atom stereocenters. The van der Waals surface area contributed by atoms with Gasteiger partial charge in [-0.15, -0.1) is 0 Å². The fraction of sp³-hybridized carbons (Fsp3) is 0.873. The Labute approximate surface area is 425 Å². The SMILES string of the molecule is CCCCCCC/C=C\C/C=C\C/C=C\CCCCCCCCC(=O)OC(CO)COC(=O)CCCCCCCCCCCCCCCCCCCCCCCCCCCCCCCCCCC. The molecule has 0 aliphatic carbocycles. The van der Waals surface area contributed by atoms with Gasteiger partial charge in [-0.3, -0.25) is 9.59 Å². The Hall–Kier alpha value is -1.88. The van der Waals surface area contributed by atoms with Gasteiger partial charge in [0.2, 0.25) is 0 Å². The van der Waals surface area contributed by atoms with Crippen molar-refractivity contribution in [3.8, 4) is 0 Å². The van der Waals surface area contributed by atoms with Gasteiger partial charge in [0.15, 0.2) is 6.10 Å². The molecule has 0 amide bonds. The molecule has 1 N–H and O–H groups in total. The maximum Gasteiger partial charge on any atom is 0.306 e. The van der Waals surface area contributed by atoms with Crippen molar-refractivity contribution in [1.29, 1.82) is 0 Å². The number of allylic oxidation sites excluding steroid dienone is 6. The smallest absolute Gasteiger partial charge is 0.306 e. The molecule has 5 heteroatoms. The second-order valence-electron chi connectivity index (χ2n) is 20.8. The lowest BCUT2D eigenvalue weighted by Crippen LogP contribution is -2.28. The zero-order valence-corrected chi connectivity index (χ0v) is 45.9. The molecule has 5 nitrogen and oxygen atoms in total. The van der Waals surface area contributed by atoms with Crippen molar-refractivity contribution < 1.29 is 24.2 Å². The number of ether oxygens (including phenoxy) is 2. The molecule has 0 fully saturated rings. The molecule has 0 spiro atoms. The van der Waals surface area contributed by atoms with Crippen molar-refractivity contribution in [3.05, 3.63) is 36.5 Å². The summed E-state index contributed by atoms with van der Waals surface area (Å²) < 4.78 is 10.7. The van der Waals surface area contributed by atoms with Crippen molar-refractivity contribution >= 4 is 11.9 Å². The van der Waals surface area contributed by atoms with Gasteiger partial charge >= 0.3 is 11.9 Å². The van der Waals surface area contributed by atoms with E-state index in [2.05, 4.69) is 50.3 Å². The third-order valence-corrected chi connectivity index (χ3v) is 13.9. The number of carbonyl (C=O) groups is 2. The van der Waals surface area contributed by atoms with Crippen LogP contribution in [0.5, 0.6) is 0 Å². The molecule has 0 heterocycles. The number of hydrogen-bond acceptors (Lipinski definition) is 5. The highest BCUT2D eigenvalue weighted by molar-refractivity contribution is 5.70. The van der Waals surface area contributed by atoms with E-state index in [-0.39, 0.29) is 25.2 Å². The number of aliphatic hydroxyl groups excluding tert-OH is 1. The molecule has 0 aliphatic rings. The normalized spacial score (nSPS) is 12.3. The van der Waals surface area contributed by atoms with Crippen LogP contribution < -0.4 is 0 Å². The van der Waals surface area contributed by atoms with Crippen LogP contribution in [0.3, 0.4) is 0 Å². The van der Waals surface area contributed by atoms with Crippen LogP contribution in [0, 0.1) is 0 Å². The lowest BCUT2D eigenvalue weighted by Gasteiger charge is -2.15. The van der Waals surface area contributed by atoms with E-state index >= 15 is 0 Å². The third-order valence-electron chi connectivity index (χ3n) is 13.9. The molecule has 0 aromatic carbocycles. The summed E-state index contributed by atoms with van der Waals surface area (Å²) in [6, 6.07) is 0. The maximum atomic E-state index is 12.3. The average molecular weight is 956 g/mol. The average Bonchev–Trinajstić information content (AvgIpc) is 3.34. The summed E-state index contributed by atoms with van der Waals surface area (Å²) in [5, 5.41) is 9.66. The standard InChI is InChI=1S/C63H118O5/c1-3-5-7-9-11-13-15-17-19-21-23-25-26-27-28-29-30-31-32-33-34-35-36-38-39-41-43-45-47-49-51-53-55-57-62(65)67-60-61(59-64)68-63(66)58-56-54-52-50-48-46-44-42-40-37-24-22-20-18-16-14-12-10-8-6-4-2/h16,18,22,24,40,42,61,64H,3-15,17,19-21,23,25-39,41,43-60H2,1-2H3/b18-16-,24-22-,42-40-. The van der Waals surface area contributed by atoms with Gasteiger partial charge in [0.1, 0.15) is 6.61 Å². The molecular formula is C63H118O5. The molecule has 68 heavy (non-hydrogen) atoms. The molecule has 0 aromatic rings. The van der Waals surface area contributed by atoms with Gasteiger partial charge in [0.25, 0.3) is 0 Å². The van der Waals surface area contributed by atoms with Crippen LogP contribution in [0.25, 0.3) is 0 Å². The highest BCUT2D eigenvalue weighted by Crippen LogP contribution is 2.18. The van der Waals surface area contributed by atoms with E-state index < -0.39 is 6.10 Å². The van der Waals surface area contributed by atoms with E-state index in [1.807, 2.05) is 0 Å². The molecule has 0 saturated carbocycles. The molecule has 0 rings (SSSR count). The number of rotatable bonds is 57. The van der Waals surface area contributed by atoms with Crippen LogP contribution in [0.4, 0.5) is 0 Å². The molecule has 400 valence electrons. The predicted molar refractivity (Wildman–Crippen MR) is 298 cm³/mol. The minimum absolute atomic E-state index is 0.0674. The Balaban J connectivity index is 3.41. The summed E-state index contributed by atoms with van der Waals surface area (Å²) in [4.78, 5) is 24.5. The van der Waals surface area contributed by atoms with Crippen LogP contribution in [-0.4, -0.2) is 36.4 Å². The summed E-state index contributed by atoms with van der Waals surface area (Å²) in [6.07, 6.45) is 77.2. The molecule has 0 bridgehead atoms. The summed E-state index contributed by atoms with van der Waals surface area (Å²) in [6.45, 7) is 4.17. The lowest BCUT2D eigenvalue weighted by molar-refractivity contribution is -0.161. The van der Waals surface area contributed by atoms with Crippen molar-refractivity contribution in [2.24, 2.45) is 0 Å². The Morgan fingerprint density at radius 1 is 0.338 bits per heavy atom. The van der Waals surface area contributed by atoms with Crippen LogP contribution >= 0.6 is 0 Å². The second kappa shape index (κ2) is 59.4. The number of carbonyl (C=O) groups excluding carboxylic acids is 2. The predicted octanol–water partition coefficient (Wildman–Crippen LogP) is 20.6. The Bertz CT molecular complexity index is 1080. The molecule has 0 aromatic heterocycles. The highest BCUT2D eigenvalue weighted by Gasteiger charge is 2.16. The van der Waals surface area contributed by atoms with Gasteiger partial charge in [0, 0.05) is 12.8 Å². The van der Waals surface area contributed by atoms with Crippen molar-refractivity contribution in [2.75, 3.05) is 13.2 Å². The Morgan fingerprint density at radius 2 is 0.588 bits per heavy atom. The number of unbranched alkanes of at least 4 members (excludes halogenated alkanes) is 43. The van der Waals surface area contributed by atoms with Gasteiger partial charge in [-0.2, -0.15) is 0 Å². The molecular weight excluding hydrogens is 837 g/mol. The minimum atomic E-state index is -0.778. The van der Waals surface area contributed by atoms with Gasteiger partial charge in [-0.25, -0.2) is 0 Å². The van der Waals surface area contributed by atoms with E-state index in [0.717, 1.165) is 57.8 Å². The third kappa shape index (κ3) is 56.7. The van der Waals surface area contributed by atoms with Crippen molar-refractivity contribution in [1.82, 2.24) is 0 Å². The summed E-state index contributed by atoms with van der Waals surface area (Å²) in [7, 11) is 0. The lowest BCUT2D eigenvalue weighted by atomic mass is 10.0. The largest absolute Gasteiger partial charge is 0.462 e. The molecule has 0 radical (unpaired) electrons. The van der Waals surface area contributed by atoms with Crippen LogP contribution in [0.15, 0.2) is 36.5 Å². The van der Waals surface area contributed by atoms with Crippen molar-refractivity contribution in [3.63, 3.8) is 0 Å². The molecule has 0 saturated heterocycles. The topological polar surface area (TPSA) is 72.8 Å². The first-order valence-corrected chi connectivity index (χ1v) is 30.5. The first-order valence-electron chi connectivity index (χ1n) is 30.5. The van der Waals surface area contributed by atoms with Crippen LogP contribution in [-0.2, 0) is 19.1 Å². The summed E-state index contributed by atoms with van der Waals surface area (Å²) in [5.41, 5.74) is 0. The van der Waals surface area contributed by atoms with E-state index in [1.165, 1.54) is 250 Å². The highest BCUT2D eigenvalue weighted by atomic mass is 16.6. The second-order valence-corrected chi connectivity index (χ2v) is 20.8. The van der Waals surface area contributed by atoms with E-state index in [4.69, 9.17) is 9.47 Å². The first-order chi connectivity index (χ1) is 33.6. The van der Waals surface area contributed by atoms with Gasteiger partial charge < -0.3 is 14.6 Å². The van der Waals surface area contributed by atoms with Gasteiger partial charge in [0.05, 0.1) is 6.61 Å².